The fourth-order valence-electron chi connectivity index (χ4n) is 2.68. The molecule has 0 amide bonds. The summed E-state index contributed by atoms with van der Waals surface area (Å²) in [5.74, 6) is 0.469. The third-order valence-electron chi connectivity index (χ3n) is 4.22. The highest BCUT2D eigenvalue weighted by Gasteiger charge is 2.21. The second kappa shape index (κ2) is 9.52. The fraction of sp³-hybridized carbons (Fsp3) is 0.368. The van der Waals surface area contributed by atoms with Gasteiger partial charge in [-0.1, -0.05) is 19.9 Å². The Bertz CT molecular complexity index is 910. The molecule has 0 spiro atoms. The molecular weight excluding hydrogens is 382 g/mol. The first-order chi connectivity index (χ1) is 13.4. The molecule has 0 aliphatic heterocycles. The summed E-state index contributed by atoms with van der Waals surface area (Å²) < 4.78 is 36.3. The SMILES string of the molecule is CCN(CC)S(=O)(=O)c1ccc(NCc2ccc(OC)c(C(=O)OC)c2)nc1. The van der Waals surface area contributed by atoms with Crippen molar-refractivity contribution in [3.8, 4) is 5.75 Å². The summed E-state index contributed by atoms with van der Waals surface area (Å²) in [5.41, 5.74) is 1.15. The third kappa shape index (κ3) is 4.79. The van der Waals surface area contributed by atoms with E-state index in [2.05, 4.69) is 10.3 Å². The van der Waals surface area contributed by atoms with E-state index in [1.807, 2.05) is 6.07 Å². The van der Waals surface area contributed by atoms with Crippen LogP contribution in [0.2, 0.25) is 0 Å². The zero-order valence-corrected chi connectivity index (χ0v) is 17.2. The number of esters is 1. The molecule has 0 bridgehead atoms. The molecular formula is C19H25N3O5S. The van der Waals surface area contributed by atoms with Crippen LogP contribution in [0.5, 0.6) is 5.75 Å². The Morgan fingerprint density at radius 1 is 1.14 bits per heavy atom. The van der Waals surface area contributed by atoms with Crippen molar-refractivity contribution >= 4 is 21.8 Å². The molecule has 152 valence electrons. The molecule has 2 rings (SSSR count). The number of nitrogens with one attached hydrogen (secondary N) is 1. The average molecular weight is 407 g/mol. The summed E-state index contributed by atoms with van der Waals surface area (Å²) in [6, 6.07) is 8.32. The summed E-state index contributed by atoms with van der Waals surface area (Å²) in [6.07, 6.45) is 1.34. The molecule has 0 saturated carbocycles. The maximum absolute atomic E-state index is 12.5. The number of benzene rings is 1. The normalized spacial score (nSPS) is 11.3. The van der Waals surface area contributed by atoms with Gasteiger partial charge in [0.25, 0.3) is 0 Å². The Labute approximate surface area is 165 Å². The number of rotatable bonds is 9. The van der Waals surface area contributed by atoms with Crippen LogP contribution in [0.25, 0.3) is 0 Å². The third-order valence-corrected chi connectivity index (χ3v) is 6.26. The fourth-order valence-corrected chi connectivity index (χ4v) is 4.08. The smallest absolute Gasteiger partial charge is 0.341 e. The lowest BCUT2D eigenvalue weighted by molar-refractivity contribution is 0.0597. The van der Waals surface area contributed by atoms with Crippen molar-refractivity contribution in [1.29, 1.82) is 0 Å². The molecule has 1 aromatic carbocycles. The monoisotopic (exact) mass is 407 g/mol. The maximum Gasteiger partial charge on any atom is 0.341 e. The molecule has 0 fully saturated rings. The van der Waals surface area contributed by atoms with Crippen LogP contribution < -0.4 is 10.1 Å². The molecule has 1 aromatic heterocycles. The first-order valence-corrected chi connectivity index (χ1v) is 10.3. The van der Waals surface area contributed by atoms with Crippen molar-refractivity contribution in [2.45, 2.75) is 25.3 Å². The van der Waals surface area contributed by atoms with Crippen LogP contribution in [0.1, 0.15) is 29.8 Å². The summed E-state index contributed by atoms with van der Waals surface area (Å²) in [6.45, 7) is 4.78. The van der Waals surface area contributed by atoms with Crippen molar-refractivity contribution in [2.24, 2.45) is 0 Å². The number of carbonyl (C=O) groups excluding carboxylic acids is 1. The molecule has 9 heteroatoms. The van der Waals surface area contributed by atoms with Crippen LogP contribution in [0.3, 0.4) is 0 Å². The van der Waals surface area contributed by atoms with Crippen LogP contribution >= 0.6 is 0 Å². The van der Waals surface area contributed by atoms with E-state index in [4.69, 9.17) is 9.47 Å². The average Bonchev–Trinajstić information content (AvgIpc) is 2.72. The van der Waals surface area contributed by atoms with Gasteiger partial charge in [0.2, 0.25) is 10.0 Å². The Morgan fingerprint density at radius 3 is 2.39 bits per heavy atom. The van der Waals surface area contributed by atoms with Crippen LogP contribution in [-0.4, -0.2) is 51.0 Å². The van der Waals surface area contributed by atoms with E-state index in [9.17, 15) is 13.2 Å². The minimum Gasteiger partial charge on any atom is -0.496 e. The summed E-state index contributed by atoms with van der Waals surface area (Å²) in [5, 5.41) is 3.11. The van der Waals surface area contributed by atoms with E-state index >= 15 is 0 Å². The van der Waals surface area contributed by atoms with Gasteiger partial charge in [-0.3, -0.25) is 0 Å². The first-order valence-electron chi connectivity index (χ1n) is 8.82. The predicted octanol–water partition coefficient (Wildman–Crippen LogP) is 2.52. The van der Waals surface area contributed by atoms with Crippen LogP contribution in [-0.2, 0) is 21.3 Å². The van der Waals surface area contributed by atoms with Gasteiger partial charge in [0.05, 0.1) is 14.2 Å². The van der Waals surface area contributed by atoms with Gasteiger partial charge in [-0.25, -0.2) is 18.2 Å². The summed E-state index contributed by atoms with van der Waals surface area (Å²) in [7, 11) is -0.740. The Kier molecular flexibility index (Phi) is 7.36. The number of anilines is 1. The van der Waals surface area contributed by atoms with E-state index in [1.165, 1.54) is 30.8 Å². The molecule has 28 heavy (non-hydrogen) atoms. The number of sulfonamides is 1. The van der Waals surface area contributed by atoms with E-state index in [1.54, 1.807) is 32.0 Å². The van der Waals surface area contributed by atoms with Gasteiger partial charge < -0.3 is 14.8 Å². The van der Waals surface area contributed by atoms with Crippen molar-refractivity contribution in [3.05, 3.63) is 47.7 Å². The largest absolute Gasteiger partial charge is 0.496 e. The van der Waals surface area contributed by atoms with Gasteiger partial charge in [-0.2, -0.15) is 4.31 Å². The number of hydrogen-bond acceptors (Lipinski definition) is 7. The first kappa shape index (κ1) is 21.6. The molecule has 1 N–H and O–H groups in total. The highest BCUT2D eigenvalue weighted by atomic mass is 32.2. The molecule has 8 nitrogen and oxygen atoms in total. The Hall–Kier alpha value is -2.65. The Morgan fingerprint density at radius 2 is 1.86 bits per heavy atom. The number of ether oxygens (including phenoxy) is 2. The molecule has 0 saturated heterocycles. The van der Waals surface area contributed by atoms with E-state index in [0.717, 1.165) is 5.56 Å². The number of nitrogens with zero attached hydrogens (tertiary/aromatic N) is 2. The minimum atomic E-state index is -3.53. The highest BCUT2D eigenvalue weighted by Crippen LogP contribution is 2.22. The standard InChI is InChI=1S/C19H25N3O5S/c1-5-22(6-2)28(24,25)15-8-10-18(21-13-15)20-12-14-7-9-17(26-3)16(11-14)19(23)27-4/h7-11,13H,5-6,12H2,1-4H3,(H,20,21). The van der Waals surface area contributed by atoms with E-state index in [0.29, 0.717) is 36.8 Å². The van der Waals surface area contributed by atoms with Gasteiger partial charge >= 0.3 is 5.97 Å². The second-order valence-electron chi connectivity index (χ2n) is 5.85. The van der Waals surface area contributed by atoms with Crippen molar-refractivity contribution < 1.29 is 22.7 Å². The van der Waals surface area contributed by atoms with Gasteiger partial charge in [0.15, 0.2) is 0 Å². The van der Waals surface area contributed by atoms with Gasteiger partial charge in [0.1, 0.15) is 22.0 Å². The Balaban J connectivity index is 2.13. The number of pyridine rings is 1. The van der Waals surface area contributed by atoms with Crippen molar-refractivity contribution in [2.75, 3.05) is 32.6 Å². The minimum absolute atomic E-state index is 0.152. The molecule has 1 heterocycles. The number of hydrogen-bond donors (Lipinski definition) is 1. The number of carbonyl (C=O) groups is 1. The van der Waals surface area contributed by atoms with Crippen LogP contribution in [0.15, 0.2) is 41.4 Å². The quantitative estimate of drug-likeness (QED) is 0.638. The zero-order valence-electron chi connectivity index (χ0n) is 16.4. The predicted molar refractivity (Wildman–Crippen MR) is 106 cm³/mol. The molecule has 0 unspecified atom stereocenters. The molecule has 0 aliphatic rings. The second-order valence-corrected chi connectivity index (χ2v) is 7.79. The van der Waals surface area contributed by atoms with Gasteiger partial charge in [-0.15, -0.1) is 0 Å². The van der Waals surface area contributed by atoms with Crippen LogP contribution in [0, 0.1) is 0 Å². The highest BCUT2D eigenvalue weighted by molar-refractivity contribution is 7.89. The molecule has 0 atom stereocenters. The number of methoxy groups -OCH3 is 2. The zero-order chi connectivity index (χ0) is 20.7. The topological polar surface area (TPSA) is 97.8 Å². The lowest BCUT2D eigenvalue weighted by atomic mass is 10.1. The van der Waals surface area contributed by atoms with Gasteiger partial charge in [-0.05, 0) is 29.8 Å². The number of aromatic nitrogens is 1. The van der Waals surface area contributed by atoms with Crippen molar-refractivity contribution in [1.82, 2.24) is 9.29 Å². The van der Waals surface area contributed by atoms with Gasteiger partial charge in [0, 0.05) is 25.8 Å². The van der Waals surface area contributed by atoms with Crippen molar-refractivity contribution in [3.63, 3.8) is 0 Å². The molecule has 2 aromatic rings. The van der Waals surface area contributed by atoms with Crippen LogP contribution in [0.4, 0.5) is 5.82 Å². The maximum atomic E-state index is 12.5. The lowest BCUT2D eigenvalue weighted by Crippen LogP contribution is -2.30. The summed E-state index contributed by atoms with van der Waals surface area (Å²) in [4.78, 5) is 16.2. The summed E-state index contributed by atoms with van der Waals surface area (Å²) >= 11 is 0. The molecule has 0 radical (unpaired) electrons. The lowest BCUT2D eigenvalue weighted by Gasteiger charge is -2.18. The molecule has 0 aliphatic carbocycles. The van der Waals surface area contributed by atoms with E-state index < -0.39 is 16.0 Å². The van der Waals surface area contributed by atoms with E-state index in [-0.39, 0.29) is 4.90 Å².